The molecule has 14 nitrogen and oxygen atoms in total. The summed E-state index contributed by atoms with van der Waals surface area (Å²) in [4.78, 5) is 13.3. The van der Waals surface area contributed by atoms with Crippen LogP contribution in [0, 0.1) is 0 Å². The number of aliphatic hydroxyl groups is 8. The van der Waals surface area contributed by atoms with Gasteiger partial charge >= 0.3 is 0 Å². The Morgan fingerprint density at radius 3 is 1.15 bits per heavy atom. The fourth-order valence-corrected chi connectivity index (χ4v) is 10.8. The van der Waals surface area contributed by atoms with Crippen molar-refractivity contribution in [3.63, 3.8) is 0 Å². The van der Waals surface area contributed by atoms with Crippen molar-refractivity contribution in [2.75, 3.05) is 19.8 Å². The summed E-state index contributed by atoms with van der Waals surface area (Å²) in [7, 11) is 0. The summed E-state index contributed by atoms with van der Waals surface area (Å²) in [5.41, 5.74) is 0. The standard InChI is InChI=1S/C60H117NO13/c1-3-5-7-9-11-13-15-17-19-20-21-22-23-24-25-26-27-28-30-32-34-36-38-40-42-44-52(65)61-48(49(64)43-41-39-37-35-33-31-29-18-16-14-12-10-8-6-4-2)47-71-59-57(70)55(68)58(51(46-63)73-59)74-60-56(69)54(67)53(66)50(45-62)72-60/h48-51,53-60,62-64,66-70H,3-47H2,1-2H3,(H,61,65). The molecule has 440 valence electrons. The molecule has 0 aromatic carbocycles. The molecule has 0 aromatic rings. The molecule has 0 saturated carbocycles. The first-order chi connectivity index (χ1) is 36.1. The van der Waals surface area contributed by atoms with Crippen molar-refractivity contribution in [2.45, 2.75) is 357 Å². The molecule has 12 unspecified atom stereocenters. The summed E-state index contributed by atoms with van der Waals surface area (Å²) in [6, 6.07) is -0.822. The van der Waals surface area contributed by atoms with Crippen molar-refractivity contribution < 1.29 is 64.6 Å². The average molecular weight is 1060 g/mol. The Balaban J connectivity index is 1.69. The van der Waals surface area contributed by atoms with E-state index in [0.717, 1.165) is 51.4 Å². The highest BCUT2D eigenvalue weighted by atomic mass is 16.7. The monoisotopic (exact) mass is 1060 g/mol. The second kappa shape index (κ2) is 46.9. The van der Waals surface area contributed by atoms with E-state index >= 15 is 0 Å². The van der Waals surface area contributed by atoms with Crippen LogP contribution in [-0.4, -0.2) is 140 Å². The van der Waals surface area contributed by atoms with Crippen LogP contribution in [0.2, 0.25) is 0 Å². The Morgan fingerprint density at radius 2 is 0.770 bits per heavy atom. The van der Waals surface area contributed by atoms with Gasteiger partial charge in [0.25, 0.3) is 0 Å². The number of rotatable bonds is 51. The summed E-state index contributed by atoms with van der Waals surface area (Å²) >= 11 is 0. The molecule has 9 N–H and O–H groups in total. The molecule has 0 bridgehead atoms. The smallest absolute Gasteiger partial charge is 0.220 e. The third-order valence-corrected chi connectivity index (χ3v) is 15.8. The number of amides is 1. The van der Waals surface area contributed by atoms with Crippen LogP contribution in [0.15, 0.2) is 0 Å². The van der Waals surface area contributed by atoms with E-state index in [-0.39, 0.29) is 12.5 Å². The first kappa shape index (κ1) is 69.1. The van der Waals surface area contributed by atoms with Crippen molar-refractivity contribution in [3.05, 3.63) is 0 Å². The Kier molecular flexibility index (Phi) is 43.8. The fourth-order valence-electron chi connectivity index (χ4n) is 10.8. The molecule has 0 spiro atoms. The first-order valence-electron chi connectivity index (χ1n) is 31.3. The average Bonchev–Trinajstić information content (AvgIpc) is 3.40. The minimum atomic E-state index is -1.78. The molecule has 12 atom stereocenters. The van der Waals surface area contributed by atoms with Crippen LogP contribution in [0.3, 0.4) is 0 Å². The molecule has 14 heteroatoms. The van der Waals surface area contributed by atoms with Gasteiger partial charge in [-0.25, -0.2) is 0 Å². The largest absolute Gasteiger partial charge is 0.394 e. The van der Waals surface area contributed by atoms with Crippen LogP contribution in [0.25, 0.3) is 0 Å². The predicted octanol–water partition coefficient (Wildman–Crippen LogP) is 10.9. The third kappa shape index (κ3) is 32.2. The normalized spacial score (nSPS) is 25.1. The number of hydrogen-bond acceptors (Lipinski definition) is 13. The van der Waals surface area contributed by atoms with Crippen molar-refractivity contribution in [1.29, 1.82) is 0 Å². The Morgan fingerprint density at radius 1 is 0.432 bits per heavy atom. The maximum absolute atomic E-state index is 13.3. The second-order valence-corrected chi connectivity index (χ2v) is 22.6. The van der Waals surface area contributed by atoms with Gasteiger partial charge < -0.3 is 65.1 Å². The summed E-state index contributed by atoms with van der Waals surface area (Å²) in [5, 5.41) is 87.3. The number of carbonyl (C=O) groups excluding carboxylic acids is 1. The highest BCUT2D eigenvalue weighted by Gasteiger charge is 2.51. The van der Waals surface area contributed by atoms with Crippen LogP contribution < -0.4 is 5.32 Å². The number of hydrogen-bond donors (Lipinski definition) is 9. The summed E-state index contributed by atoms with van der Waals surface area (Å²) < 4.78 is 22.9. The first-order valence-corrected chi connectivity index (χ1v) is 31.3. The lowest BCUT2D eigenvalue weighted by Gasteiger charge is -2.46. The second-order valence-electron chi connectivity index (χ2n) is 22.6. The lowest BCUT2D eigenvalue weighted by atomic mass is 9.97. The SMILES string of the molecule is CCCCCCCCCCCCCCCCCCCCCCCCCCCC(=O)NC(COC1OC(CO)C(OC2OC(CO)C(O)C(O)C2O)C(O)C1O)C(O)CCCCCCCCCCCCCCCCC. The molecule has 2 rings (SSSR count). The van der Waals surface area contributed by atoms with Gasteiger partial charge in [0, 0.05) is 6.42 Å². The molecule has 2 aliphatic rings. The van der Waals surface area contributed by atoms with Gasteiger partial charge in [-0.05, 0) is 12.8 Å². The zero-order chi connectivity index (χ0) is 53.9. The van der Waals surface area contributed by atoms with Crippen LogP contribution >= 0.6 is 0 Å². The third-order valence-electron chi connectivity index (χ3n) is 15.8. The number of unbranched alkanes of at least 4 members (excludes halogenated alkanes) is 38. The van der Waals surface area contributed by atoms with E-state index in [1.165, 1.54) is 205 Å². The minimum absolute atomic E-state index is 0.199. The van der Waals surface area contributed by atoms with Crippen LogP contribution in [-0.2, 0) is 23.7 Å². The maximum Gasteiger partial charge on any atom is 0.220 e. The fraction of sp³-hybridized carbons (Fsp3) is 0.983. The van der Waals surface area contributed by atoms with E-state index in [2.05, 4.69) is 19.2 Å². The highest BCUT2D eigenvalue weighted by Crippen LogP contribution is 2.30. The quantitative estimate of drug-likeness (QED) is 0.0259. The number of aliphatic hydroxyl groups excluding tert-OH is 8. The molecule has 2 aliphatic heterocycles. The highest BCUT2D eigenvalue weighted by molar-refractivity contribution is 5.76. The van der Waals surface area contributed by atoms with E-state index in [0.29, 0.717) is 12.8 Å². The molecule has 1 amide bonds. The van der Waals surface area contributed by atoms with Crippen molar-refractivity contribution in [1.82, 2.24) is 5.32 Å². The van der Waals surface area contributed by atoms with Gasteiger partial charge in [0.05, 0.1) is 32.0 Å². The van der Waals surface area contributed by atoms with E-state index in [1.54, 1.807) is 0 Å². The molecular weight excluding hydrogens is 943 g/mol. The van der Waals surface area contributed by atoms with Gasteiger partial charge in [-0.15, -0.1) is 0 Å². The van der Waals surface area contributed by atoms with Gasteiger partial charge in [-0.1, -0.05) is 264 Å². The maximum atomic E-state index is 13.3. The molecule has 0 radical (unpaired) electrons. The van der Waals surface area contributed by atoms with E-state index in [4.69, 9.17) is 18.9 Å². The number of ether oxygens (including phenoxy) is 4. The van der Waals surface area contributed by atoms with E-state index < -0.39 is 86.8 Å². The Labute approximate surface area is 451 Å². The van der Waals surface area contributed by atoms with Crippen molar-refractivity contribution >= 4 is 5.91 Å². The number of carbonyl (C=O) groups is 1. The molecule has 0 aromatic heterocycles. The number of nitrogens with one attached hydrogen (secondary N) is 1. The van der Waals surface area contributed by atoms with Crippen LogP contribution in [0.5, 0.6) is 0 Å². The zero-order valence-electron chi connectivity index (χ0n) is 47.4. The molecule has 74 heavy (non-hydrogen) atoms. The van der Waals surface area contributed by atoms with Gasteiger partial charge in [-0.3, -0.25) is 4.79 Å². The molecule has 0 aliphatic carbocycles. The molecular formula is C60H117NO13. The predicted molar refractivity (Wildman–Crippen MR) is 296 cm³/mol. The lowest BCUT2D eigenvalue weighted by molar-refractivity contribution is -0.359. The van der Waals surface area contributed by atoms with Gasteiger partial charge in [-0.2, -0.15) is 0 Å². The molecule has 2 saturated heterocycles. The summed E-state index contributed by atoms with van der Waals surface area (Å²) in [6.45, 7) is 2.90. The van der Waals surface area contributed by atoms with Crippen molar-refractivity contribution in [3.8, 4) is 0 Å². The lowest BCUT2D eigenvalue weighted by Crippen LogP contribution is -2.65. The summed E-state index contributed by atoms with van der Waals surface area (Å²) in [5.74, 6) is -0.199. The Bertz CT molecular complexity index is 1250. The van der Waals surface area contributed by atoms with Gasteiger partial charge in [0.1, 0.15) is 48.8 Å². The molecule has 2 heterocycles. The van der Waals surface area contributed by atoms with E-state index in [9.17, 15) is 45.6 Å². The van der Waals surface area contributed by atoms with Gasteiger partial charge in [0.15, 0.2) is 12.6 Å². The van der Waals surface area contributed by atoms with Crippen LogP contribution in [0.1, 0.15) is 284 Å². The Hall–Kier alpha value is -1.01. The molecule has 2 fully saturated rings. The topological polar surface area (TPSA) is 228 Å². The minimum Gasteiger partial charge on any atom is -0.394 e. The van der Waals surface area contributed by atoms with Crippen LogP contribution in [0.4, 0.5) is 0 Å². The van der Waals surface area contributed by atoms with Crippen molar-refractivity contribution in [2.24, 2.45) is 0 Å². The zero-order valence-corrected chi connectivity index (χ0v) is 47.4. The van der Waals surface area contributed by atoms with Gasteiger partial charge in [0.2, 0.25) is 5.91 Å². The van der Waals surface area contributed by atoms with E-state index in [1.807, 2.05) is 0 Å². The summed E-state index contributed by atoms with van der Waals surface area (Å²) in [6.07, 6.45) is 35.4.